The first-order chi connectivity index (χ1) is 25.2. The third-order valence-corrected chi connectivity index (χ3v) is 10.9. The first-order valence-corrected chi connectivity index (χ1v) is 17.6. The summed E-state index contributed by atoms with van der Waals surface area (Å²) in [6.45, 7) is 2.10. The second-order valence-corrected chi connectivity index (χ2v) is 13.6. The molecule has 7 heteroatoms. The van der Waals surface area contributed by atoms with Crippen LogP contribution >= 0.6 is 11.3 Å². The van der Waals surface area contributed by atoms with Crippen molar-refractivity contribution in [1.29, 1.82) is 0 Å². The van der Waals surface area contributed by atoms with E-state index in [2.05, 4.69) is 84.3 Å². The molecule has 51 heavy (non-hydrogen) atoms. The Labute approximate surface area is 296 Å². The summed E-state index contributed by atoms with van der Waals surface area (Å²) in [7, 11) is 0. The zero-order valence-electron chi connectivity index (χ0n) is 27.4. The van der Waals surface area contributed by atoms with Crippen molar-refractivity contribution in [2.24, 2.45) is 0 Å². The molecule has 0 unspecified atom stereocenters. The number of aromatic nitrogens is 4. The third kappa shape index (κ3) is 4.59. The zero-order chi connectivity index (χ0) is 34.1. The smallest absolute Gasteiger partial charge is 0.167 e. The molecule has 4 heterocycles. The van der Waals surface area contributed by atoms with Gasteiger partial charge in [-0.25, -0.2) is 15.0 Å². The maximum Gasteiger partial charge on any atom is 0.167 e. The van der Waals surface area contributed by atoms with E-state index >= 15 is 0 Å². The molecule has 10 rings (SSSR count). The SMILES string of the molecule is Cc1c(/C=C\O)n(-c2ccc3c(c2)sc2c(-c4nc(-c5ccccc5)nc(-c5cccc6c5oc5ccccc56)n4)cccc23)c2ccccc12. The van der Waals surface area contributed by atoms with Gasteiger partial charge in [0.25, 0.3) is 0 Å². The molecule has 6 aromatic carbocycles. The molecule has 10 aromatic rings. The van der Waals surface area contributed by atoms with Gasteiger partial charge in [0, 0.05) is 53.1 Å². The first-order valence-electron chi connectivity index (χ1n) is 16.8. The highest BCUT2D eigenvalue weighted by Gasteiger charge is 2.20. The molecule has 0 radical (unpaired) electrons. The van der Waals surface area contributed by atoms with Crippen LogP contribution in [0.25, 0.3) is 98.9 Å². The van der Waals surface area contributed by atoms with Crippen molar-refractivity contribution < 1.29 is 9.52 Å². The van der Waals surface area contributed by atoms with Gasteiger partial charge in [-0.3, -0.25) is 0 Å². The van der Waals surface area contributed by atoms with E-state index in [1.807, 2.05) is 60.7 Å². The summed E-state index contributed by atoms with van der Waals surface area (Å²) in [6.07, 6.45) is 2.88. The van der Waals surface area contributed by atoms with Gasteiger partial charge >= 0.3 is 0 Å². The van der Waals surface area contributed by atoms with Gasteiger partial charge < -0.3 is 14.1 Å². The molecule has 0 spiro atoms. The standard InChI is InChI=1S/C44H28N4O2S/c1-26-29-13-5-7-19-37(29)48(36(26)23-24-49)28-21-22-31-33-16-10-18-35(41(33)51-39(31)25-28)44-46-42(27-11-3-2-4-12-27)45-43(47-44)34-17-9-15-32-30-14-6-8-20-38(30)50-40(32)34/h2-25,49H,1H3/b24-23-. The van der Waals surface area contributed by atoms with Gasteiger partial charge in [-0.05, 0) is 55.0 Å². The fraction of sp³-hybridized carbons (Fsp3) is 0.0227. The zero-order valence-corrected chi connectivity index (χ0v) is 28.2. The summed E-state index contributed by atoms with van der Waals surface area (Å²) in [6, 6.07) is 45.6. The number of furan rings is 1. The van der Waals surface area contributed by atoms with E-state index < -0.39 is 0 Å². The third-order valence-electron chi connectivity index (χ3n) is 9.70. The fourth-order valence-corrected chi connectivity index (χ4v) is 8.57. The molecule has 0 saturated carbocycles. The quantitative estimate of drug-likeness (QED) is 0.184. The average molecular weight is 677 g/mol. The molecule has 0 aliphatic rings. The second-order valence-electron chi connectivity index (χ2n) is 12.6. The maximum absolute atomic E-state index is 9.80. The number of benzene rings is 6. The molecule has 0 atom stereocenters. The highest BCUT2D eigenvalue weighted by atomic mass is 32.1. The van der Waals surface area contributed by atoms with Crippen LogP contribution in [-0.2, 0) is 0 Å². The topological polar surface area (TPSA) is 77.0 Å². The van der Waals surface area contributed by atoms with Gasteiger partial charge in [0.15, 0.2) is 17.5 Å². The van der Waals surface area contributed by atoms with E-state index in [1.54, 1.807) is 17.4 Å². The summed E-state index contributed by atoms with van der Waals surface area (Å²) in [5.41, 5.74) is 8.45. The number of hydrogen-bond acceptors (Lipinski definition) is 6. The van der Waals surface area contributed by atoms with Crippen LogP contribution in [0, 0.1) is 6.92 Å². The number of rotatable bonds is 5. The molecule has 6 nitrogen and oxygen atoms in total. The Balaban J connectivity index is 1.19. The lowest BCUT2D eigenvalue weighted by molar-refractivity contribution is 0.478. The normalized spacial score (nSPS) is 12.0. The first kappa shape index (κ1) is 29.4. The van der Waals surface area contributed by atoms with E-state index in [0.29, 0.717) is 17.5 Å². The Morgan fingerprint density at radius 3 is 2.16 bits per heavy atom. The maximum atomic E-state index is 9.80. The molecule has 0 bridgehead atoms. The Morgan fingerprint density at radius 1 is 0.627 bits per heavy atom. The van der Waals surface area contributed by atoms with Crippen molar-refractivity contribution >= 4 is 70.4 Å². The highest BCUT2D eigenvalue weighted by Crippen LogP contribution is 2.42. The summed E-state index contributed by atoms with van der Waals surface area (Å²) in [5.74, 6) is 1.76. The number of hydrogen-bond donors (Lipinski definition) is 1. The van der Waals surface area contributed by atoms with Gasteiger partial charge in [0.05, 0.1) is 23.0 Å². The van der Waals surface area contributed by atoms with Gasteiger partial charge in [0.1, 0.15) is 11.2 Å². The average Bonchev–Trinajstić information content (AvgIpc) is 3.84. The molecule has 4 aromatic heterocycles. The van der Waals surface area contributed by atoms with Crippen LogP contribution in [0.5, 0.6) is 0 Å². The van der Waals surface area contributed by atoms with Crippen LogP contribution in [0.15, 0.2) is 144 Å². The monoisotopic (exact) mass is 676 g/mol. The molecular weight excluding hydrogens is 649 g/mol. The highest BCUT2D eigenvalue weighted by molar-refractivity contribution is 7.26. The second kappa shape index (κ2) is 11.5. The number of aryl methyl sites for hydroxylation is 1. The van der Waals surface area contributed by atoms with E-state index in [0.717, 1.165) is 92.9 Å². The molecule has 0 amide bonds. The van der Waals surface area contributed by atoms with Crippen molar-refractivity contribution in [2.75, 3.05) is 0 Å². The minimum atomic E-state index is 0.559. The lowest BCUT2D eigenvalue weighted by Crippen LogP contribution is -2.00. The number of nitrogens with zero attached hydrogens (tertiary/aromatic N) is 4. The van der Waals surface area contributed by atoms with Crippen LogP contribution in [-0.4, -0.2) is 24.6 Å². The van der Waals surface area contributed by atoms with Crippen LogP contribution in [0.4, 0.5) is 0 Å². The largest absolute Gasteiger partial charge is 0.516 e. The summed E-state index contributed by atoms with van der Waals surface area (Å²) in [5, 5.41) is 15.4. The van der Waals surface area contributed by atoms with E-state index in [1.165, 1.54) is 0 Å². The molecular formula is C44H28N4O2S. The van der Waals surface area contributed by atoms with Crippen LogP contribution in [0.3, 0.4) is 0 Å². The summed E-state index contributed by atoms with van der Waals surface area (Å²) < 4.78 is 10.9. The Kier molecular flexibility index (Phi) is 6.62. The number of aliphatic hydroxyl groups is 1. The minimum absolute atomic E-state index is 0.559. The Hall–Kier alpha value is -6.57. The van der Waals surface area contributed by atoms with Crippen LogP contribution in [0.1, 0.15) is 11.3 Å². The van der Waals surface area contributed by atoms with Crippen molar-refractivity contribution in [2.45, 2.75) is 6.92 Å². The molecule has 0 aliphatic heterocycles. The van der Waals surface area contributed by atoms with E-state index in [4.69, 9.17) is 19.4 Å². The molecule has 0 aliphatic carbocycles. The lowest BCUT2D eigenvalue weighted by atomic mass is 10.1. The van der Waals surface area contributed by atoms with Crippen molar-refractivity contribution in [1.82, 2.24) is 19.5 Å². The molecule has 0 saturated heterocycles. The van der Waals surface area contributed by atoms with Crippen molar-refractivity contribution in [3.05, 3.63) is 151 Å². The van der Waals surface area contributed by atoms with E-state index in [9.17, 15) is 5.11 Å². The number of thiophene rings is 1. The summed E-state index contributed by atoms with van der Waals surface area (Å²) >= 11 is 1.73. The Bertz CT molecular complexity index is 3010. The number of fused-ring (bicyclic) bond motifs is 7. The number of para-hydroxylation sites is 3. The van der Waals surface area contributed by atoms with Gasteiger partial charge in [0.2, 0.25) is 0 Å². The Morgan fingerprint density at radius 2 is 1.31 bits per heavy atom. The predicted octanol–water partition coefficient (Wildman–Crippen LogP) is 11.9. The van der Waals surface area contributed by atoms with Crippen molar-refractivity contribution in [3.63, 3.8) is 0 Å². The molecule has 1 N–H and O–H groups in total. The van der Waals surface area contributed by atoms with Gasteiger partial charge in [-0.15, -0.1) is 11.3 Å². The van der Waals surface area contributed by atoms with Gasteiger partial charge in [-0.2, -0.15) is 0 Å². The van der Waals surface area contributed by atoms with Crippen LogP contribution < -0.4 is 0 Å². The lowest BCUT2D eigenvalue weighted by Gasteiger charge is -2.09. The van der Waals surface area contributed by atoms with Crippen LogP contribution in [0.2, 0.25) is 0 Å². The van der Waals surface area contributed by atoms with Crippen molar-refractivity contribution in [3.8, 4) is 39.9 Å². The number of aliphatic hydroxyl groups excluding tert-OH is 1. The minimum Gasteiger partial charge on any atom is -0.516 e. The van der Waals surface area contributed by atoms with E-state index in [-0.39, 0.29) is 0 Å². The summed E-state index contributed by atoms with van der Waals surface area (Å²) in [4.78, 5) is 15.3. The predicted molar refractivity (Wildman–Crippen MR) is 210 cm³/mol. The van der Waals surface area contributed by atoms with Gasteiger partial charge in [-0.1, -0.05) is 97.1 Å². The molecule has 242 valence electrons. The fourth-order valence-electron chi connectivity index (χ4n) is 7.33. The molecule has 0 fully saturated rings.